The molecule has 2 N–H and O–H groups in total. The molecule has 1 aromatic rings. The second-order valence-corrected chi connectivity index (χ2v) is 5.18. The lowest BCUT2D eigenvalue weighted by Crippen LogP contribution is -2.44. The van der Waals surface area contributed by atoms with Gasteiger partial charge >= 0.3 is 0 Å². The number of anilines is 1. The van der Waals surface area contributed by atoms with Crippen molar-refractivity contribution >= 4 is 21.6 Å². The lowest BCUT2D eigenvalue weighted by Gasteiger charge is -2.35. The highest BCUT2D eigenvalue weighted by Crippen LogP contribution is 2.25. The van der Waals surface area contributed by atoms with E-state index in [1.54, 1.807) is 0 Å². The Morgan fingerprint density at radius 3 is 2.56 bits per heavy atom. The number of hydrogen-bond acceptors (Lipinski definition) is 3. The Kier molecular flexibility index (Phi) is 3.84. The van der Waals surface area contributed by atoms with Crippen LogP contribution in [0, 0.1) is 0 Å². The molecule has 0 atom stereocenters. The van der Waals surface area contributed by atoms with Crippen LogP contribution in [0.1, 0.15) is 5.56 Å². The highest BCUT2D eigenvalue weighted by Gasteiger charge is 2.16. The first-order valence-electron chi connectivity index (χ1n) is 5.62. The molecule has 1 aromatic carbocycles. The zero-order valence-corrected chi connectivity index (χ0v) is 11.2. The third-order valence-corrected chi connectivity index (χ3v) is 3.60. The van der Waals surface area contributed by atoms with Gasteiger partial charge in [-0.1, -0.05) is 15.9 Å². The van der Waals surface area contributed by atoms with E-state index in [4.69, 9.17) is 5.73 Å². The van der Waals surface area contributed by atoms with E-state index in [1.807, 2.05) is 0 Å². The number of hydrogen-bond donors (Lipinski definition) is 1. The van der Waals surface area contributed by atoms with Crippen molar-refractivity contribution in [3.8, 4) is 0 Å². The van der Waals surface area contributed by atoms with Crippen LogP contribution in [0.4, 0.5) is 5.69 Å². The molecular weight excluding hydrogens is 266 g/mol. The predicted molar refractivity (Wildman–Crippen MR) is 71.7 cm³/mol. The van der Waals surface area contributed by atoms with Gasteiger partial charge in [0.1, 0.15) is 0 Å². The largest absolute Gasteiger partial charge is 0.369 e. The van der Waals surface area contributed by atoms with Crippen LogP contribution in [0.3, 0.4) is 0 Å². The van der Waals surface area contributed by atoms with Crippen LogP contribution in [0.2, 0.25) is 0 Å². The van der Waals surface area contributed by atoms with Gasteiger partial charge in [-0.05, 0) is 30.8 Å². The molecule has 1 fully saturated rings. The smallest absolute Gasteiger partial charge is 0.0413 e. The maximum atomic E-state index is 5.80. The van der Waals surface area contributed by atoms with Gasteiger partial charge in [-0.2, -0.15) is 0 Å². The molecule has 0 unspecified atom stereocenters. The number of benzene rings is 1. The fourth-order valence-corrected chi connectivity index (χ4v) is 2.48. The number of rotatable bonds is 2. The van der Waals surface area contributed by atoms with Crippen LogP contribution >= 0.6 is 15.9 Å². The molecule has 0 aromatic heterocycles. The minimum atomic E-state index is 0.598. The summed E-state index contributed by atoms with van der Waals surface area (Å²) in [5.74, 6) is 0. The number of nitrogens with zero attached hydrogens (tertiary/aromatic N) is 2. The molecule has 1 heterocycles. The summed E-state index contributed by atoms with van der Waals surface area (Å²) in [4.78, 5) is 4.78. The van der Waals surface area contributed by atoms with E-state index in [9.17, 15) is 0 Å². The summed E-state index contributed by atoms with van der Waals surface area (Å²) < 4.78 is 1.10. The van der Waals surface area contributed by atoms with Crippen molar-refractivity contribution in [2.45, 2.75) is 6.54 Å². The number of nitrogens with two attached hydrogens (primary N) is 1. The summed E-state index contributed by atoms with van der Waals surface area (Å²) in [5, 5.41) is 0. The zero-order chi connectivity index (χ0) is 11.5. The van der Waals surface area contributed by atoms with E-state index in [0.717, 1.165) is 30.7 Å². The van der Waals surface area contributed by atoms with Gasteiger partial charge in [0.05, 0.1) is 0 Å². The summed E-state index contributed by atoms with van der Waals surface area (Å²) in [5.41, 5.74) is 8.31. The Labute approximate surface area is 105 Å². The van der Waals surface area contributed by atoms with E-state index in [0.29, 0.717) is 6.54 Å². The van der Waals surface area contributed by atoms with Crippen molar-refractivity contribution in [3.63, 3.8) is 0 Å². The Hall–Kier alpha value is -0.580. The SMILES string of the molecule is CN1CCN(c2ccc(Br)cc2CN)CC1. The van der Waals surface area contributed by atoms with E-state index >= 15 is 0 Å². The molecule has 3 nitrogen and oxygen atoms in total. The fourth-order valence-electron chi connectivity index (χ4n) is 2.07. The summed E-state index contributed by atoms with van der Waals surface area (Å²) >= 11 is 3.49. The monoisotopic (exact) mass is 283 g/mol. The van der Waals surface area contributed by atoms with Crippen molar-refractivity contribution in [1.82, 2.24) is 4.90 Å². The van der Waals surface area contributed by atoms with Crippen molar-refractivity contribution in [2.75, 3.05) is 38.1 Å². The molecule has 0 bridgehead atoms. The Morgan fingerprint density at radius 1 is 1.25 bits per heavy atom. The second kappa shape index (κ2) is 5.17. The van der Waals surface area contributed by atoms with Gasteiger partial charge in [0, 0.05) is 42.9 Å². The number of likely N-dealkylation sites (N-methyl/N-ethyl adjacent to an activating group) is 1. The van der Waals surface area contributed by atoms with Gasteiger partial charge in [0.2, 0.25) is 0 Å². The quantitative estimate of drug-likeness (QED) is 0.896. The van der Waals surface area contributed by atoms with E-state index < -0.39 is 0 Å². The maximum Gasteiger partial charge on any atom is 0.0413 e. The first-order valence-corrected chi connectivity index (χ1v) is 6.42. The van der Waals surface area contributed by atoms with E-state index in [2.05, 4.69) is 51.0 Å². The molecule has 1 aliphatic rings. The third-order valence-electron chi connectivity index (χ3n) is 3.11. The summed E-state index contributed by atoms with van der Waals surface area (Å²) in [6.45, 7) is 5.03. The van der Waals surface area contributed by atoms with Crippen molar-refractivity contribution in [2.24, 2.45) is 5.73 Å². The number of halogens is 1. The average Bonchev–Trinajstić information content (AvgIpc) is 2.30. The van der Waals surface area contributed by atoms with Crippen LogP contribution < -0.4 is 10.6 Å². The van der Waals surface area contributed by atoms with Gasteiger partial charge in [-0.25, -0.2) is 0 Å². The molecule has 16 heavy (non-hydrogen) atoms. The van der Waals surface area contributed by atoms with Crippen LogP contribution in [0.15, 0.2) is 22.7 Å². The molecule has 4 heteroatoms. The van der Waals surface area contributed by atoms with Crippen molar-refractivity contribution < 1.29 is 0 Å². The second-order valence-electron chi connectivity index (χ2n) is 4.27. The summed E-state index contributed by atoms with van der Waals surface area (Å²) in [6, 6.07) is 6.37. The molecule has 0 amide bonds. The Bertz CT molecular complexity index is 359. The first-order chi connectivity index (χ1) is 7.70. The molecule has 0 radical (unpaired) electrons. The molecule has 0 saturated carbocycles. The van der Waals surface area contributed by atoms with Gasteiger partial charge < -0.3 is 15.5 Å². The van der Waals surface area contributed by atoms with Gasteiger partial charge in [-0.3, -0.25) is 0 Å². The van der Waals surface area contributed by atoms with Crippen molar-refractivity contribution in [3.05, 3.63) is 28.2 Å². The van der Waals surface area contributed by atoms with E-state index in [1.165, 1.54) is 11.3 Å². The average molecular weight is 284 g/mol. The van der Waals surface area contributed by atoms with Gasteiger partial charge in [0.15, 0.2) is 0 Å². The molecule has 0 spiro atoms. The van der Waals surface area contributed by atoms with Gasteiger partial charge in [-0.15, -0.1) is 0 Å². The Balaban J connectivity index is 2.19. The Morgan fingerprint density at radius 2 is 1.94 bits per heavy atom. The third kappa shape index (κ3) is 2.56. The minimum absolute atomic E-state index is 0.598. The molecule has 0 aliphatic carbocycles. The van der Waals surface area contributed by atoms with Crippen LogP contribution in [-0.4, -0.2) is 38.1 Å². The summed E-state index contributed by atoms with van der Waals surface area (Å²) in [6.07, 6.45) is 0. The predicted octanol–water partition coefficient (Wildman–Crippen LogP) is 1.66. The molecule has 1 saturated heterocycles. The van der Waals surface area contributed by atoms with Crippen LogP contribution in [0.5, 0.6) is 0 Å². The van der Waals surface area contributed by atoms with E-state index in [-0.39, 0.29) is 0 Å². The van der Waals surface area contributed by atoms with Crippen LogP contribution in [0.25, 0.3) is 0 Å². The van der Waals surface area contributed by atoms with Crippen LogP contribution in [-0.2, 0) is 6.54 Å². The highest BCUT2D eigenvalue weighted by atomic mass is 79.9. The summed E-state index contributed by atoms with van der Waals surface area (Å²) in [7, 11) is 2.17. The first kappa shape index (κ1) is 11.9. The topological polar surface area (TPSA) is 32.5 Å². The zero-order valence-electron chi connectivity index (χ0n) is 9.62. The van der Waals surface area contributed by atoms with Crippen molar-refractivity contribution in [1.29, 1.82) is 0 Å². The standard InChI is InChI=1S/C12H18BrN3/c1-15-4-6-16(7-5-15)12-3-2-11(13)8-10(12)9-14/h2-3,8H,4-7,9,14H2,1H3. The molecular formula is C12H18BrN3. The molecule has 1 aliphatic heterocycles. The van der Waals surface area contributed by atoms with Gasteiger partial charge in [0.25, 0.3) is 0 Å². The highest BCUT2D eigenvalue weighted by molar-refractivity contribution is 9.10. The molecule has 2 rings (SSSR count). The maximum absolute atomic E-state index is 5.80. The molecule has 88 valence electrons. The number of piperazine rings is 1. The normalized spacial score (nSPS) is 17.8. The lowest BCUT2D eigenvalue weighted by molar-refractivity contribution is 0.312. The fraction of sp³-hybridized carbons (Fsp3) is 0.500. The lowest BCUT2D eigenvalue weighted by atomic mass is 10.1. The minimum Gasteiger partial charge on any atom is -0.369 e.